The average Bonchev–Trinajstić information content (AvgIpc) is 2.62. The number of hydrogen-bond donors (Lipinski definition) is 0. The lowest BCUT2D eigenvalue weighted by Gasteiger charge is -2.05. The molecule has 96 valence electrons. The molecule has 1 atom stereocenters. The number of halogens is 3. The molecule has 0 aliphatic heterocycles. The van der Waals surface area contributed by atoms with Crippen LogP contribution < -0.4 is 0 Å². The van der Waals surface area contributed by atoms with Gasteiger partial charge in [0, 0.05) is 16.1 Å². The summed E-state index contributed by atoms with van der Waals surface area (Å²) < 4.78 is 0. The number of rotatable bonds is 1. The monoisotopic (exact) mass is 357 g/mol. The molecule has 0 spiro atoms. The van der Waals surface area contributed by atoms with E-state index in [1.54, 1.807) is 18.2 Å². The zero-order valence-corrected chi connectivity index (χ0v) is 12.5. The summed E-state index contributed by atoms with van der Waals surface area (Å²) in [6.45, 7) is 0. The van der Waals surface area contributed by atoms with Gasteiger partial charge in [-0.3, -0.25) is 10.1 Å². The minimum atomic E-state index is -0.409. The van der Waals surface area contributed by atoms with Gasteiger partial charge in [0.25, 0.3) is 5.69 Å². The molecule has 0 bridgehead atoms. The quantitative estimate of drug-likeness (QED) is 0.391. The van der Waals surface area contributed by atoms with Crippen LogP contribution in [0.25, 0.3) is 11.1 Å². The molecule has 0 heterocycles. The first-order chi connectivity index (χ1) is 8.99. The van der Waals surface area contributed by atoms with Crippen molar-refractivity contribution in [2.75, 3.05) is 0 Å². The van der Waals surface area contributed by atoms with Gasteiger partial charge in [-0.15, -0.1) is 0 Å². The Labute approximate surface area is 127 Å². The van der Waals surface area contributed by atoms with Crippen molar-refractivity contribution in [3.05, 3.63) is 61.6 Å². The molecule has 6 heteroatoms. The minimum Gasteiger partial charge on any atom is -0.258 e. The Hall–Kier alpha value is -1.10. The highest BCUT2D eigenvalue weighted by molar-refractivity contribution is 9.09. The van der Waals surface area contributed by atoms with Crippen LogP contribution >= 0.6 is 39.1 Å². The maximum absolute atomic E-state index is 11.2. The van der Waals surface area contributed by atoms with Gasteiger partial charge >= 0.3 is 0 Å². The van der Waals surface area contributed by atoms with Crippen LogP contribution in [0, 0.1) is 10.1 Å². The summed E-state index contributed by atoms with van der Waals surface area (Å²) >= 11 is 15.5. The number of nitro groups is 1. The molecule has 3 rings (SSSR count). The fraction of sp³-hybridized carbons (Fsp3) is 0.0769. The smallest absolute Gasteiger partial charge is 0.258 e. The Bertz CT molecular complexity index is 718. The van der Waals surface area contributed by atoms with Crippen molar-refractivity contribution in [1.82, 2.24) is 0 Å². The summed E-state index contributed by atoms with van der Waals surface area (Å²) in [7, 11) is 0. The molecular formula is C13H6BrCl2NO2. The van der Waals surface area contributed by atoms with Crippen molar-refractivity contribution in [3.8, 4) is 11.1 Å². The third-order valence-electron chi connectivity index (χ3n) is 3.14. The van der Waals surface area contributed by atoms with E-state index in [9.17, 15) is 10.1 Å². The van der Waals surface area contributed by atoms with E-state index in [1.807, 2.05) is 6.07 Å². The molecule has 3 nitrogen and oxygen atoms in total. The lowest BCUT2D eigenvalue weighted by atomic mass is 10.0. The average molecular weight is 359 g/mol. The molecule has 1 aliphatic carbocycles. The number of fused-ring (bicyclic) bond motifs is 3. The van der Waals surface area contributed by atoms with Gasteiger partial charge in [0.15, 0.2) is 0 Å². The lowest BCUT2D eigenvalue weighted by molar-refractivity contribution is -0.384. The first kappa shape index (κ1) is 12.9. The SMILES string of the molecule is O=[N+]([O-])c1cc(Cl)cc2c1-c1ccc(Cl)cc1C2Br. The van der Waals surface area contributed by atoms with E-state index in [0.717, 1.165) is 16.7 Å². The van der Waals surface area contributed by atoms with Crippen molar-refractivity contribution in [2.45, 2.75) is 4.83 Å². The minimum absolute atomic E-state index is 0.0213. The molecule has 0 N–H and O–H groups in total. The normalized spacial score (nSPS) is 16.1. The molecule has 19 heavy (non-hydrogen) atoms. The standard InChI is InChI=1S/C13H6BrCl2NO2/c14-13-9-3-6(15)1-2-8(9)12-10(13)4-7(16)5-11(12)17(18)19/h1-5,13H. The fourth-order valence-electron chi connectivity index (χ4n) is 2.39. The van der Waals surface area contributed by atoms with E-state index < -0.39 is 4.92 Å². The predicted molar refractivity (Wildman–Crippen MR) is 79.3 cm³/mol. The van der Waals surface area contributed by atoms with Crippen LogP contribution in [0.3, 0.4) is 0 Å². The number of alkyl halides is 1. The Morgan fingerprint density at radius 2 is 1.79 bits per heavy atom. The van der Waals surface area contributed by atoms with Gasteiger partial charge in [0.1, 0.15) is 0 Å². The number of benzene rings is 2. The topological polar surface area (TPSA) is 43.1 Å². The summed E-state index contributed by atoms with van der Waals surface area (Å²) in [6, 6.07) is 8.47. The van der Waals surface area contributed by atoms with Crippen molar-refractivity contribution < 1.29 is 4.92 Å². The van der Waals surface area contributed by atoms with E-state index in [0.29, 0.717) is 15.6 Å². The zero-order chi connectivity index (χ0) is 13.7. The molecule has 1 unspecified atom stereocenters. The van der Waals surface area contributed by atoms with E-state index in [4.69, 9.17) is 23.2 Å². The Balaban J connectivity index is 2.38. The van der Waals surface area contributed by atoms with Crippen molar-refractivity contribution >= 4 is 44.8 Å². The molecule has 0 saturated heterocycles. The van der Waals surface area contributed by atoms with Crippen molar-refractivity contribution in [1.29, 1.82) is 0 Å². The second kappa shape index (κ2) is 4.47. The van der Waals surface area contributed by atoms with Gasteiger partial charge < -0.3 is 0 Å². The molecule has 0 amide bonds. The maximum atomic E-state index is 11.2. The summed E-state index contributed by atoms with van der Waals surface area (Å²) in [5.41, 5.74) is 3.19. The second-order valence-corrected chi connectivity index (χ2v) is 6.03. The summed E-state index contributed by atoms with van der Waals surface area (Å²) in [4.78, 5) is 10.7. The van der Waals surface area contributed by atoms with E-state index >= 15 is 0 Å². The van der Waals surface area contributed by atoms with Crippen LogP contribution in [0.1, 0.15) is 16.0 Å². The van der Waals surface area contributed by atoms with Crippen LogP contribution in [0.4, 0.5) is 5.69 Å². The molecule has 0 radical (unpaired) electrons. The van der Waals surface area contributed by atoms with E-state index in [1.165, 1.54) is 6.07 Å². The van der Waals surface area contributed by atoms with Gasteiger partial charge in [-0.1, -0.05) is 45.2 Å². The van der Waals surface area contributed by atoms with Crippen LogP contribution in [0.5, 0.6) is 0 Å². The summed E-state index contributed by atoms with van der Waals surface area (Å²) in [5, 5.41) is 12.2. The molecule has 0 aromatic heterocycles. The highest BCUT2D eigenvalue weighted by Gasteiger charge is 2.33. The number of hydrogen-bond acceptors (Lipinski definition) is 2. The fourth-order valence-corrected chi connectivity index (χ4v) is 3.53. The largest absolute Gasteiger partial charge is 0.279 e. The zero-order valence-electron chi connectivity index (χ0n) is 9.36. The number of nitro benzene ring substituents is 1. The van der Waals surface area contributed by atoms with Gasteiger partial charge in [-0.25, -0.2) is 0 Å². The van der Waals surface area contributed by atoms with Crippen LogP contribution in [0.2, 0.25) is 10.0 Å². The highest BCUT2D eigenvalue weighted by atomic mass is 79.9. The van der Waals surface area contributed by atoms with E-state index in [2.05, 4.69) is 15.9 Å². The molecule has 0 saturated carbocycles. The third-order valence-corrected chi connectivity index (χ3v) is 4.58. The molecule has 2 aromatic carbocycles. The predicted octanol–water partition coefficient (Wildman–Crippen LogP) is 5.37. The Morgan fingerprint density at radius 1 is 1.11 bits per heavy atom. The first-order valence-corrected chi connectivity index (χ1v) is 7.08. The lowest BCUT2D eigenvalue weighted by Crippen LogP contribution is -1.93. The highest BCUT2D eigenvalue weighted by Crippen LogP contribution is 2.52. The number of nitrogens with zero attached hydrogens (tertiary/aromatic N) is 1. The van der Waals surface area contributed by atoms with Gasteiger partial charge in [0.2, 0.25) is 0 Å². The first-order valence-electron chi connectivity index (χ1n) is 5.41. The van der Waals surface area contributed by atoms with Crippen LogP contribution in [-0.2, 0) is 0 Å². The Kier molecular flexibility index (Phi) is 3.04. The van der Waals surface area contributed by atoms with Crippen LogP contribution in [0.15, 0.2) is 30.3 Å². The molecule has 2 aromatic rings. The van der Waals surface area contributed by atoms with Crippen molar-refractivity contribution in [3.63, 3.8) is 0 Å². The summed E-state index contributed by atoms with van der Waals surface area (Å²) in [6.07, 6.45) is 0. The van der Waals surface area contributed by atoms with E-state index in [-0.39, 0.29) is 10.5 Å². The van der Waals surface area contributed by atoms with Gasteiger partial charge in [-0.2, -0.15) is 0 Å². The molecule has 1 aliphatic rings. The summed E-state index contributed by atoms with van der Waals surface area (Å²) in [5.74, 6) is 0. The van der Waals surface area contributed by atoms with Gasteiger partial charge in [-0.05, 0) is 34.9 Å². The van der Waals surface area contributed by atoms with Gasteiger partial charge in [0.05, 0.1) is 15.3 Å². The second-order valence-electron chi connectivity index (χ2n) is 4.24. The molecule has 0 fully saturated rings. The van der Waals surface area contributed by atoms with Crippen LogP contribution in [-0.4, -0.2) is 4.92 Å². The molecular weight excluding hydrogens is 353 g/mol. The maximum Gasteiger partial charge on any atom is 0.279 e. The Morgan fingerprint density at radius 3 is 2.47 bits per heavy atom. The van der Waals surface area contributed by atoms with Crippen molar-refractivity contribution in [2.24, 2.45) is 0 Å². The third kappa shape index (κ3) is 1.95.